The number of aliphatic hydroxyl groups is 1. The minimum absolute atomic E-state index is 0.0160. The number of rotatable bonds is 3. The monoisotopic (exact) mass is 343 g/mol. The average molecular weight is 343 g/mol. The molecule has 8 nitrogen and oxygen atoms in total. The fourth-order valence-corrected chi connectivity index (χ4v) is 3.16. The van der Waals surface area contributed by atoms with Gasteiger partial charge in [-0.25, -0.2) is 14.6 Å². The van der Waals surface area contributed by atoms with Crippen molar-refractivity contribution in [1.82, 2.24) is 35.2 Å². The Morgan fingerprint density at radius 1 is 1.08 bits per heavy atom. The van der Waals surface area contributed by atoms with Gasteiger partial charge < -0.3 is 5.11 Å². The molecule has 0 fully saturated rings. The second-order valence-corrected chi connectivity index (χ2v) is 5.94. The molecule has 2 N–H and O–H groups in total. The highest BCUT2D eigenvalue weighted by Gasteiger charge is 2.13. The van der Waals surface area contributed by atoms with E-state index in [1.165, 1.54) is 0 Å². The molecule has 3 aromatic heterocycles. The fraction of sp³-hybridized carbons (Fsp3) is 0.0556. The maximum atomic E-state index is 9.59. The summed E-state index contributed by atoms with van der Waals surface area (Å²) in [5, 5.41) is 30.0. The largest absolute Gasteiger partial charge is 0.392 e. The van der Waals surface area contributed by atoms with Crippen LogP contribution in [0.1, 0.15) is 5.56 Å². The lowest BCUT2D eigenvalue weighted by molar-refractivity contribution is 0.282. The smallest absolute Gasteiger partial charge is 0.184 e. The van der Waals surface area contributed by atoms with Crippen molar-refractivity contribution in [1.29, 1.82) is 0 Å². The Balaban J connectivity index is 1.72. The predicted molar refractivity (Wildman–Crippen MR) is 95.0 cm³/mol. The molecule has 2 aromatic carbocycles. The Kier molecular flexibility index (Phi) is 3.22. The molecule has 0 bridgehead atoms. The van der Waals surface area contributed by atoms with Gasteiger partial charge in [-0.15, -0.1) is 5.10 Å². The fourth-order valence-electron chi connectivity index (χ4n) is 3.16. The molecule has 0 saturated carbocycles. The van der Waals surface area contributed by atoms with Crippen LogP contribution >= 0.6 is 0 Å². The van der Waals surface area contributed by atoms with Crippen molar-refractivity contribution in [3.63, 3.8) is 0 Å². The second kappa shape index (κ2) is 5.71. The number of aromatic nitrogens is 7. The van der Waals surface area contributed by atoms with Crippen molar-refractivity contribution in [3.8, 4) is 22.5 Å². The molecule has 0 unspecified atom stereocenters. The summed E-state index contributed by atoms with van der Waals surface area (Å²) >= 11 is 0. The van der Waals surface area contributed by atoms with E-state index in [0.29, 0.717) is 11.5 Å². The standard InChI is InChI=1S/C18H13N7O/c26-10-11-5-12-3-1-2-4-14(12)15(6-11)13-7-19-18-16(8-20-25(18)9-13)17-21-23-24-22-17/h1-9,26H,10H2,(H,21,22,23,24). The third-order valence-corrected chi connectivity index (χ3v) is 4.37. The summed E-state index contributed by atoms with van der Waals surface area (Å²) in [6.07, 6.45) is 5.39. The first-order valence-corrected chi connectivity index (χ1v) is 8.04. The first kappa shape index (κ1) is 14.7. The van der Waals surface area contributed by atoms with Gasteiger partial charge in [-0.05, 0) is 44.5 Å². The molecule has 126 valence electrons. The molecular weight excluding hydrogens is 330 g/mol. The van der Waals surface area contributed by atoms with Crippen LogP contribution in [0, 0.1) is 0 Å². The second-order valence-electron chi connectivity index (χ2n) is 5.94. The van der Waals surface area contributed by atoms with Gasteiger partial charge in [-0.3, -0.25) is 0 Å². The number of aromatic amines is 1. The molecule has 5 rings (SSSR count). The summed E-state index contributed by atoms with van der Waals surface area (Å²) in [4.78, 5) is 4.56. The van der Waals surface area contributed by atoms with Gasteiger partial charge in [0.2, 0.25) is 0 Å². The summed E-state index contributed by atoms with van der Waals surface area (Å²) in [6.45, 7) is -0.0160. The number of benzene rings is 2. The van der Waals surface area contributed by atoms with Crippen LogP contribution in [0.5, 0.6) is 0 Å². The lowest BCUT2D eigenvalue weighted by Gasteiger charge is -2.10. The molecule has 8 heteroatoms. The Hall–Kier alpha value is -3.65. The van der Waals surface area contributed by atoms with Crippen LogP contribution in [0.25, 0.3) is 38.9 Å². The highest BCUT2D eigenvalue weighted by molar-refractivity contribution is 5.97. The van der Waals surface area contributed by atoms with E-state index in [1.807, 2.05) is 36.5 Å². The zero-order valence-corrected chi connectivity index (χ0v) is 13.5. The minimum Gasteiger partial charge on any atom is -0.392 e. The Morgan fingerprint density at radius 3 is 2.85 bits per heavy atom. The minimum atomic E-state index is -0.0160. The van der Waals surface area contributed by atoms with E-state index >= 15 is 0 Å². The molecule has 0 aliphatic rings. The normalized spacial score (nSPS) is 11.4. The molecule has 5 aromatic rings. The lowest BCUT2D eigenvalue weighted by atomic mass is 9.97. The van der Waals surface area contributed by atoms with E-state index in [2.05, 4.69) is 36.8 Å². The molecule has 0 amide bonds. The maximum absolute atomic E-state index is 9.59. The molecule has 0 aliphatic heterocycles. The predicted octanol–water partition coefficient (Wildman–Crippen LogP) is 2.22. The first-order chi connectivity index (χ1) is 12.8. The van der Waals surface area contributed by atoms with Gasteiger partial charge in [0.05, 0.1) is 18.4 Å². The van der Waals surface area contributed by atoms with Crippen LogP contribution in [0.15, 0.2) is 55.0 Å². The number of H-pyrrole nitrogens is 1. The first-order valence-electron chi connectivity index (χ1n) is 8.04. The van der Waals surface area contributed by atoms with Crippen molar-refractivity contribution in [2.75, 3.05) is 0 Å². The van der Waals surface area contributed by atoms with Crippen LogP contribution in [-0.2, 0) is 6.61 Å². The van der Waals surface area contributed by atoms with E-state index < -0.39 is 0 Å². The van der Waals surface area contributed by atoms with E-state index in [1.54, 1.807) is 16.9 Å². The molecular formula is C18H13N7O. The van der Waals surface area contributed by atoms with Gasteiger partial charge in [-0.2, -0.15) is 5.10 Å². The highest BCUT2D eigenvalue weighted by Crippen LogP contribution is 2.30. The average Bonchev–Trinajstić information content (AvgIpc) is 3.35. The third-order valence-electron chi connectivity index (χ3n) is 4.37. The topological polar surface area (TPSA) is 105 Å². The van der Waals surface area contributed by atoms with Gasteiger partial charge in [0.25, 0.3) is 0 Å². The summed E-state index contributed by atoms with van der Waals surface area (Å²) in [5.74, 6) is 0.521. The number of hydrogen-bond acceptors (Lipinski definition) is 6. The number of fused-ring (bicyclic) bond motifs is 2. The van der Waals surface area contributed by atoms with E-state index in [0.717, 1.165) is 33.0 Å². The molecule has 0 aliphatic carbocycles. The zero-order valence-electron chi connectivity index (χ0n) is 13.5. The molecule has 0 spiro atoms. The number of tetrazole rings is 1. The Morgan fingerprint density at radius 2 is 2.00 bits per heavy atom. The van der Waals surface area contributed by atoms with Gasteiger partial charge in [0.1, 0.15) is 0 Å². The Bertz CT molecular complexity index is 1230. The number of hydrogen-bond donors (Lipinski definition) is 2. The molecule has 3 heterocycles. The quantitative estimate of drug-likeness (QED) is 0.520. The van der Waals surface area contributed by atoms with Crippen LogP contribution in [0.2, 0.25) is 0 Å². The van der Waals surface area contributed by atoms with Crippen molar-refractivity contribution < 1.29 is 5.11 Å². The van der Waals surface area contributed by atoms with Gasteiger partial charge >= 0.3 is 0 Å². The molecule has 0 saturated heterocycles. The highest BCUT2D eigenvalue weighted by atomic mass is 16.3. The van der Waals surface area contributed by atoms with E-state index in [4.69, 9.17) is 0 Å². The molecule has 26 heavy (non-hydrogen) atoms. The van der Waals surface area contributed by atoms with Crippen LogP contribution < -0.4 is 0 Å². The Labute approximate surface area is 147 Å². The molecule has 0 radical (unpaired) electrons. The summed E-state index contributed by atoms with van der Waals surface area (Å²) in [5.41, 5.74) is 4.16. The third kappa shape index (κ3) is 2.24. The van der Waals surface area contributed by atoms with Crippen LogP contribution in [0.3, 0.4) is 0 Å². The van der Waals surface area contributed by atoms with Gasteiger partial charge in [0, 0.05) is 18.0 Å². The van der Waals surface area contributed by atoms with Crippen LogP contribution in [-0.4, -0.2) is 40.3 Å². The van der Waals surface area contributed by atoms with E-state index in [9.17, 15) is 5.11 Å². The summed E-state index contributed by atoms with van der Waals surface area (Å²) in [6, 6.07) is 12.1. The van der Waals surface area contributed by atoms with Crippen molar-refractivity contribution in [3.05, 3.63) is 60.6 Å². The van der Waals surface area contributed by atoms with E-state index in [-0.39, 0.29) is 6.61 Å². The number of nitrogens with one attached hydrogen (secondary N) is 1. The zero-order chi connectivity index (χ0) is 17.5. The number of nitrogens with zero attached hydrogens (tertiary/aromatic N) is 6. The van der Waals surface area contributed by atoms with Gasteiger partial charge in [-0.1, -0.05) is 24.3 Å². The van der Waals surface area contributed by atoms with Crippen molar-refractivity contribution in [2.24, 2.45) is 0 Å². The number of aliphatic hydroxyl groups excluding tert-OH is 1. The van der Waals surface area contributed by atoms with Crippen molar-refractivity contribution >= 4 is 16.4 Å². The van der Waals surface area contributed by atoms with Crippen LogP contribution in [0.4, 0.5) is 0 Å². The van der Waals surface area contributed by atoms with Gasteiger partial charge in [0.15, 0.2) is 11.5 Å². The maximum Gasteiger partial charge on any atom is 0.184 e. The summed E-state index contributed by atoms with van der Waals surface area (Å²) < 4.78 is 1.70. The van der Waals surface area contributed by atoms with Crippen molar-refractivity contribution in [2.45, 2.75) is 6.61 Å². The molecule has 0 atom stereocenters. The summed E-state index contributed by atoms with van der Waals surface area (Å²) in [7, 11) is 0. The lowest BCUT2D eigenvalue weighted by Crippen LogP contribution is -1.94. The SMILES string of the molecule is OCc1cc(-c2cnc3c(-c4nnn[nH]4)cnn3c2)c2ccccc2c1.